The lowest BCUT2D eigenvalue weighted by Crippen LogP contribution is -2.41. The smallest absolute Gasteiger partial charge is 0.289 e. The maximum Gasteiger partial charge on any atom is 0.289 e. The number of carbonyl (C=O) groups excluding carboxylic acids is 1. The van der Waals surface area contributed by atoms with Gasteiger partial charge in [-0.2, -0.15) is 0 Å². The molecule has 142 valence electrons. The molecular weight excluding hydrogens is 342 g/mol. The number of fused-ring (bicyclic) bond motifs is 1. The molecule has 0 spiro atoms. The minimum Gasteiger partial charge on any atom is -0.459 e. The summed E-state index contributed by atoms with van der Waals surface area (Å²) in [4.78, 5) is 25.4. The lowest BCUT2D eigenvalue weighted by Gasteiger charge is -2.33. The molecule has 0 aromatic carbocycles. The first-order valence-corrected chi connectivity index (χ1v) is 9.86. The summed E-state index contributed by atoms with van der Waals surface area (Å²) in [7, 11) is 0. The summed E-state index contributed by atoms with van der Waals surface area (Å²) < 4.78 is 5.24. The molecule has 2 aromatic heterocycles. The van der Waals surface area contributed by atoms with Gasteiger partial charge in [-0.05, 0) is 48.8 Å². The van der Waals surface area contributed by atoms with Gasteiger partial charge in [0.25, 0.3) is 5.91 Å². The van der Waals surface area contributed by atoms with Crippen LogP contribution in [0.15, 0.2) is 41.3 Å². The van der Waals surface area contributed by atoms with Crippen LogP contribution in [0.3, 0.4) is 0 Å². The highest BCUT2D eigenvalue weighted by atomic mass is 16.3. The summed E-state index contributed by atoms with van der Waals surface area (Å²) in [6.07, 6.45) is 7.37. The van der Waals surface area contributed by atoms with Crippen molar-refractivity contribution in [2.45, 2.75) is 18.9 Å². The minimum absolute atomic E-state index is 0.0426. The Morgan fingerprint density at radius 2 is 1.89 bits per heavy atom. The van der Waals surface area contributed by atoms with Crippen molar-refractivity contribution in [3.63, 3.8) is 0 Å². The number of hydrogen-bond acceptors (Lipinski definition) is 6. The monoisotopic (exact) mass is 367 g/mol. The number of nitrogens with zero attached hydrogens (tertiary/aromatic N) is 4. The van der Waals surface area contributed by atoms with Crippen molar-refractivity contribution in [3.05, 3.63) is 42.6 Å². The van der Waals surface area contributed by atoms with Crippen LogP contribution in [0.4, 0.5) is 5.95 Å². The number of rotatable bonds is 5. The number of likely N-dealkylation sites (tertiary alicyclic amines) is 2. The lowest BCUT2D eigenvalue weighted by molar-refractivity contribution is 0.0730. The summed E-state index contributed by atoms with van der Waals surface area (Å²) in [6, 6.07) is 5.82. The summed E-state index contributed by atoms with van der Waals surface area (Å²) in [5.74, 6) is 3.35. The summed E-state index contributed by atoms with van der Waals surface area (Å²) in [6.45, 7) is 5.19. The third-order valence-corrected chi connectivity index (χ3v) is 6.35. The number of amides is 1. The summed E-state index contributed by atoms with van der Waals surface area (Å²) in [5.41, 5.74) is 0. The minimum atomic E-state index is 0.0426. The Kier molecular flexibility index (Phi) is 4.32. The van der Waals surface area contributed by atoms with Gasteiger partial charge in [-0.25, -0.2) is 9.97 Å². The lowest BCUT2D eigenvalue weighted by atomic mass is 10.0. The van der Waals surface area contributed by atoms with E-state index >= 15 is 0 Å². The molecule has 1 amide bonds. The van der Waals surface area contributed by atoms with E-state index in [4.69, 9.17) is 4.42 Å². The van der Waals surface area contributed by atoms with E-state index in [0.29, 0.717) is 23.6 Å². The fourth-order valence-electron chi connectivity index (χ4n) is 4.76. The molecular formula is C20H25N5O2. The topological polar surface area (TPSA) is 74.5 Å². The van der Waals surface area contributed by atoms with E-state index in [1.807, 2.05) is 11.0 Å². The normalized spacial score (nSPS) is 28.1. The Morgan fingerprint density at radius 3 is 2.56 bits per heavy atom. The average molecular weight is 367 g/mol. The Balaban J connectivity index is 1.06. The second kappa shape index (κ2) is 6.96. The zero-order chi connectivity index (χ0) is 18.2. The second-order valence-electron chi connectivity index (χ2n) is 7.97. The van der Waals surface area contributed by atoms with Crippen molar-refractivity contribution >= 4 is 11.9 Å². The predicted octanol–water partition coefficient (Wildman–Crippen LogP) is 1.96. The van der Waals surface area contributed by atoms with Crippen LogP contribution in [0.5, 0.6) is 0 Å². The van der Waals surface area contributed by atoms with E-state index in [-0.39, 0.29) is 5.91 Å². The maximum atomic E-state index is 12.4. The fraction of sp³-hybridized carbons (Fsp3) is 0.550. The van der Waals surface area contributed by atoms with Crippen molar-refractivity contribution in [1.29, 1.82) is 0 Å². The first-order chi connectivity index (χ1) is 13.3. The van der Waals surface area contributed by atoms with E-state index in [0.717, 1.165) is 50.9 Å². The average Bonchev–Trinajstić information content (AvgIpc) is 3.14. The SMILES string of the molecule is O=C(c1ccco1)N1C[C@@H]2C(CN3CCC(Nc4ncccn4)CC3)[C@@H]2C1. The summed E-state index contributed by atoms with van der Waals surface area (Å²) in [5, 5.41) is 3.44. The zero-order valence-electron chi connectivity index (χ0n) is 15.3. The highest BCUT2D eigenvalue weighted by Crippen LogP contribution is 2.52. The van der Waals surface area contributed by atoms with Gasteiger partial charge in [0.1, 0.15) is 0 Å². The third-order valence-electron chi connectivity index (χ3n) is 6.35. The van der Waals surface area contributed by atoms with Crippen molar-refractivity contribution in [2.75, 3.05) is 38.0 Å². The molecule has 5 rings (SSSR count). The highest BCUT2D eigenvalue weighted by molar-refractivity contribution is 5.91. The van der Waals surface area contributed by atoms with Crippen molar-refractivity contribution < 1.29 is 9.21 Å². The predicted molar refractivity (Wildman–Crippen MR) is 100 cm³/mol. The molecule has 1 N–H and O–H groups in total. The quantitative estimate of drug-likeness (QED) is 0.871. The van der Waals surface area contributed by atoms with Gasteiger partial charge in [0.05, 0.1) is 6.26 Å². The fourth-order valence-corrected chi connectivity index (χ4v) is 4.76. The number of aromatic nitrogens is 2. The van der Waals surface area contributed by atoms with Crippen LogP contribution in [-0.2, 0) is 0 Å². The molecule has 2 aromatic rings. The Bertz CT molecular complexity index is 761. The van der Waals surface area contributed by atoms with Crippen LogP contribution < -0.4 is 5.32 Å². The van der Waals surface area contributed by atoms with Crippen LogP contribution in [-0.4, -0.2) is 64.4 Å². The maximum absolute atomic E-state index is 12.4. The number of hydrogen-bond donors (Lipinski definition) is 1. The van der Waals surface area contributed by atoms with Crippen molar-refractivity contribution in [3.8, 4) is 0 Å². The molecule has 1 saturated carbocycles. The van der Waals surface area contributed by atoms with E-state index in [2.05, 4.69) is 20.2 Å². The van der Waals surface area contributed by atoms with Gasteiger partial charge < -0.3 is 19.5 Å². The molecule has 3 atom stereocenters. The van der Waals surface area contributed by atoms with Crippen LogP contribution in [0.2, 0.25) is 0 Å². The van der Waals surface area contributed by atoms with Crippen LogP contribution in [0.1, 0.15) is 23.4 Å². The molecule has 4 heterocycles. The van der Waals surface area contributed by atoms with E-state index < -0.39 is 0 Å². The molecule has 3 fully saturated rings. The number of nitrogens with one attached hydrogen (secondary N) is 1. The number of anilines is 1. The van der Waals surface area contributed by atoms with Crippen LogP contribution in [0.25, 0.3) is 0 Å². The van der Waals surface area contributed by atoms with E-state index in [9.17, 15) is 4.79 Å². The van der Waals surface area contributed by atoms with Gasteiger partial charge in [0.2, 0.25) is 5.95 Å². The van der Waals surface area contributed by atoms with Crippen LogP contribution >= 0.6 is 0 Å². The van der Waals surface area contributed by atoms with Gasteiger partial charge in [-0.1, -0.05) is 0 Å². The van der Waals surface area contributed by atoms with Gasteiger partial charge >= 0.3 is 0 Å². The molecule has 0 radical (unpaired) electrons. The largest absolute Gasteiger partial charge is 0.459 e. The first-order valence-electron chi connectivity index (χ1n) is 9.86. The van der Waals surface area contributed by atoms with Gasteiger partial charge in [0, 0.05) is 51.2 Å². The standard InChI is InChI=1S/C20H25N5O2/c26-19(18-3-1-10-27-18)25-12-16-15(17(16)13-25)11-24-8-4-14(5-9-24)23-20-21-6-2-7-22-20/h1-3,6-7,10,14-17H,4-5,8-9,11-13H2,(H,21,22,23)/t15?,16-,17+. The number of piperidine rings is 2. The molecule has 7 nitrogen and oxygen atoms in total. The molecule has 1 unspecified atom stereocenters. The molecule has 27 heavy (non-hydrogen) atoms. The molecule has 0 bridgehead atoms. The molecule has 7 heteroatoms. The molecule has 2 aliphatic heterocycles. The molecule has 3 aliphatic rings. The zero-order valence-corrected chi connectivity index (χ0v) is 15.3. The number of carbonyl (C=O) groups is 1. The van der Waals surface area contributed by atoms with E-state index in [1.165, 1.54) is 6.54 Å². The van der Waals surface area contributed by atoms with Gasteiger partial charge in [-0.15, -0.1) is 0 Å². The Morgan fingerprint density at radius 1 is 1.15 bits per heavy atom. The van der Waals surface area contributed by atoms with E-state index in [1.54, 1.807) is 30.8 Å². The van der Waals surface area contributed by atoms with Crippen LogP contribution in [0, 0.1) is 17.8 Å². The van der Waals surface area contributed by atoms with Crippen molar-refractivity contribution in [2.24, 2.45) is 17.8 Å². The van der Waals surface area contributed by atoms with Crippen molar-refractivity contribution in [1.82, 2.24) is 19.8 Å². The third kappa shape index (κ3) is 3.43. The summed E-state index contributed by atoms with van der Waals surface area (Å²) >= 11 is 0. The number of furan rings is 1. The first kappa shape index (κ1) is 16.7. The Hall–Kier alpha value is -2.41. The Labute approximate surface area is 158 Å². The van der Waals surface area contributed by atoms with Gasteiger partial charge in [-0.3, -0.25) is 4.79 Å². The molecule has 2 saturated heterocycles. The molecule has 1 aliphatic carbocycles. The van der Waals surface area contributed by atoms with Gasteiger partial charge in [0.15, 0.2) is 5.76 Å². The highest BCUT2D eigenvalue weighted by Gasteiger charge is 2.56. The second-order valence-corrected chi connectivity index (χ2v) is 7.97.